The van der Waals surface area contributed by atoms with E-state index in [9.17, 15) is 4.79 Å². The lowest BCUT2D eigenvalue weighted by molar-refractivity contribution is -0.128. The Labute approximate surface area is 94.9 Å². The molecule has 1 aliphatic heterocycles. The summed E-state index contributed by atoms with van der Waals surface area (Å²) in [7, 11) is 0. The van der Waals surface area contributed by atoms with Gasteiger partial charge in [-0.1, -0.05) is 6.07 Å². The molecule has 0 bridgehead atoms. The molecule has 2 heterocycles. The van der Waals surface area contributed by atoms with Crippen molar-refractivity contribution < 1.29 is 9.90 Å². The monoisotopic (exact) mass is 220 g/mol. The quantitative estimate of drug-likeness (QED) is 0.817. The molecule has 4 heteroatoms. The van der Waals surface area contributed by atoms with Gasteiger partial charge in [0.05, 0.1) is 0 Å². The van der Waals surface area contributed by atoms with Crippen molar-refractivity contribution in [1.82, 2.24) is 9.88 Å². The number of likely N-dealkylation sites (tertiary alicyclic amines) is 1. The highest BCUT2D eigenvalue weighted by atomic mass is 16.3. The second-order valence-electron chi connectivity index (χ2n) is 4.33. The van der Waals surface area contributed by atoms with Crippen LogP contribution in [0.3, 0.4) is 0 Å². The average Bonchev–Trinajstić information content (AvgIpc) is 2.63. The van der Waals surface area contributed by atoms with Gasteiger partial charge in [-0.05, 0) is 18.6 Å². The molecule has 4 nitrogen and oxygen atoms in total. The molecule has 1 unspecified atom stereocenters. The predicted molar refractivity (Wildman–Crippen MR) is 59.6 cm³/mol. The summed E-state index contributed by atoms with van der Waals surface area (Å²) in [4.78, 5) is 17.6. The van der Waals surface area contributed by atoms with Crippen LogP contribution in [-0.4, -0.2) is 34.0 Å². The highest BCUT2D eigenvalue weighted by Crippen LogP contribution is 2.19. The summed E-state index contributed by atoms with van der Waals surface area (Å²) >= 11 is 0. The number of nitrogens with zero attached hydrogens (tertiary/aromatic N) is 2. The summed E-state index contributed by atoms with van der Waals surface area (Å²) in [6.07, 6.45) is 2.27. The lowest BCUT2D eigenvalue weighted by Crippen LogP contribution is -2.25. The number of aryl methyl sites for hydroxylation is 1. The van der Waals surface area contributed by atoms with Crippen LogP contribution in [0.15, 0.2) is 18.3 Å². The fraction of sp³-hybridized carbons (Fsp3) is 0.500. The molecule has 0 saturated carbocycles. The van der Waals surface area contributed by atoms with E-state index in [0.29, 0.717) is 19.5 Å². The van der Waals surface area contributed by atoms with E-state index in [1.807, 2.05) is 19.1 Å². The maximum atomic E-state index is 11.6. The molecule has 0 aliphatic carbocycles. The SMILES string of the molecule is Cc1ccc(CN2CC(CO)CC2=O)cn1. The molecule has 86 valence electrons. The van der Waals surface area contributed by atoms with Gasteiger partial charge in [0.15, 0.2) is 0 Å². The number of rotatable bonds is 3. The summed E-state index contributed by atoms with van der Waals surface area (Å²) in [6, 6.07) is 3.93. The van der Waals surface area contributed by atoms with Gasteiger partial charge in [0.2, 0.25) is 5.91 Å². The molecule has 1 aliphatic rings. The van der Waals surface area contributed by atoms with Crippen molar-refractivity contribution >= 4 is 5.91 Å². The molecule has 0 spiro atoms. The van der Waals surface area contributed by atoms with E-state index in [1.54, 1.807) is 11.1 Å². The third-order valence-corrected chi connectivity index (χ3v) is 2.90. The van der Waals surface area contributed by atoms with Crippen molar-refractivity contribution in [3.8, 4) is 0 Å². The number of pyridine rings is 1. The molecule has 1 fully saturated rings. The third kappa shape index (κ3) is 2.39. The van der Waals surface area contributed by atoms with Gasteiger partial charge < -0.3 is 10.0 Å². The Morgan fingerprint density at radius 3 is 2.94 bits per heavy atom. The molecule has 16 heavy (non-hydrogen) atoms. The van der Waals surface area contributed by atoms with Gasteiger partial charge in [-0.3, -0.25) is 9.78 Å². The number of carbonyl (C=O) groups is 1. The van der Waals surface area contributed by atoms with E-state index < -0.39 is 0 Å². The summed E-state index contributed by atoms with van der Waals surface area (Å²) in [5.41, 5.74) is 2.02. The fourth-order valence-electron chi connectivity index (χ4n) is 1.94. The Morgan fingerprint density at radius 1 is 1.56 bits per heavy atom. The molecular formula is C12H16N2O2. The van der Waals surface area contributed by atoms with Crippen molar-refractivity contribution in [2.75, 3.05) is 13.2 Å². The number of aliphatic hydroxyl groups excluding tert-OH is 1. The molecule has 0 aromatic carbocycles. The van der Waals surface area contributed by atoms with E-state index in [-0.39, 0.29) is 18.4 Å². The third-order valence-electron chi connectivity index (χ3n) is 2.90. The van der Waals surface area contributed by atoms with Crippen molar-refractivity contribution in [1.29, 1.82) is 0 Å². The topological polar surface area (TPSA) is 53.4 Å². The minimum absolute atomic E-state index is 0.0917. The van der Waals surface area contributed by atoms with Crippen LogP contribution >= 0.6 is 0 Å². The molecule has 1 atom stereocenters. The number of hydrogen-bond acceptors (Lipinski definition) is 3. The Balaban J connectivity index is 2.00. The number of hydrogen-bond donors (Lipinski definition) is 1. The van der Waals surface area contributed by atoms with Crippen molar-refractivity contribution in [3.63, 3.8) is 0 Å². The Kier molecular flexibility index (Phi) is 3.19. The molecular weight excluding hydrogens is 204 g/mol. The van der Waals surface area contributed by atoms with E-state index in [0.717, 1.165) is 11.3 Å². The molecule has 0 radical (unpaired) electrons. The van der Waals surface area contributed by atoms with Crippen LogP contribution in [0, 0.1) is 12.8 Å². The fourth-order valence-corrected chi connectivity index (χ4v) is 1.94. The largest absolute Gasteiger partial charge is 0.396 e. The van der Waals surface area contributed by atoms with E-state index in [4.69, 9.17) is 5.11 Å². The first kappa shape index (κ1) is 11.1. The van der Waals surface area contributed by atoms with Crippen molar-refractivity contribution in [2.24, 2.45) is 5.92 Å². The van der Waals surface area contributed by atoms with Crippen LogP contribution < -0.4 is 0 Å². The number of aliphatic hydroxyl groups is 1. The highest BCUT2D eigenvalue weighted by Gasteiger charge is 2.28. The van der Waals surface area contributed by atoms with E-state index in [1.165, 1.54) is 0 Å². The van der Waals surface area contributed by atoms with Crippen LogP contribution in [0.25, 0.3) is 0 Å². The molecule has 2 rings (SSSR count). The van der Waals surface area contributed by atoms with Gasteiger partial charge in [-0.15, -0.1) is 0 Å². The summed E-state index contributed by atoms with van der Waals surface area (Å²) in [6.45, 7) is 3.28. The van der Waals surface area contributed by atoms with Gasteiger partial charge in [-0.25, -0.2) is 0 Å². The second-order valence-corrected chi connectivity index (χ2v) is 4.33. The normalized spacial score (nSPS) is 20.5. The van der Waals surface area contributed by atoms with Crippen LogP contribution in [0.5, 0.6) is 0 Å². The second kappa shape index (κ2) is 4.61. The smallest absolute Gasteiger partial charge is 0.223 e. The zero-order valence-corrected chi connectivity index (χ0v) is 9.39. The van der Waals surface area contributed by atoms with Crippen LogP contribution in [0.2, 0.25) is 0 Å². The van der Waals surface area contributed by atoms with Crippen molar-refractivity contribution in [3.05, 3.63) is 29.6 Å². The maximum Gasteiger partial charge on any atom is 0.223 e. The lowest BCUT2D eigenvalue weighted by atomic mass is 10.1. The predicted octanol–water partition coefficient (Wildman–Crippen LogP) is 0.731. The average molecular weight is 220 g/mol. The van der Waals surface area contributed by atoms with E-state index in [2.05, 4.69) is 4.98 Å². The zero-order chi connectivity index (χ0) is 11.5. The van der Waals surface area contributed by atoms with Crippen LogP contribution in [0.4, 0.5) is 0 Å². The minimum Gasteiger partial charge on any atom is -0.396 e. The van der Waals surface area contributed by atoms with Gasteiger partial charge >= 0.3 is 0 Å². The first-order chi connectivity index (χ1) is 7.69. The Hall–Kier alpha value is -1.42. The first-order valence-corrected chi connectivity index (χ1v) is 5.49. The van der Waals surface area contributed by atoms with Crippen molar-refractivity contribution in [2.45, 2.75) is 19.9 Å². The zero-order valence-electron chi connectivity index (χ0n) is 9.39. The number of amides is 1. The number of aromatic nitrogens is 1. The van der Waals surface area contributed by atoms with Gasteiger partial charge in [0.1, 0.15) is 0 Å². The minimum atomic E-state index is 0.0917. The summed E-state index contributed by atoms with van der Waals surface area (Å²) in [5, 5.41) is 9.01. The van der Waals surface area contributed by atoms with Crippen LogP contribution in [-0.2, 0) is 11.3 Å². The van der Waals surface area contributed by atoms with Gasteiger partial charge in [0, 0.05) is 43.9 Å². The lowest BCUT2D eigenvalue weighted by Gasteiger charge is -2.16. The summed E-state index contributed by atoms with van der Waals surface area (Å²) < 4.78 is 0. The molecule has 1 aromatic rings. The molecule has 1 amide bonds. The molecule has 1 N–H and O–H groups in total. The molecule has 1 aromatic heterocycles. The first-order valence-electron chi connectivity index (χ1n) is 5.49. The standard InChI is InChI=1S/C12H16N2O2/c1-9-2-3-10(5-13-9)6-14-7-11(8-15)4-12(14)16/h2-3,5,11,15H,4,6-8H2,1H3. The number of carbonyl (C=O) groups excluding carboxylic acids is 1. The van der Waals surface area contributed by atoms with Crippen LogP contribution in [0.1, 0.15) is 17.7 Å². The molecule has 1 saturated heterocycles. The Bertz CT molecular complexity index is 375. The maximum absolute atomic E-state index is 11.6. The van der Waals surface area contributed by atoms with Gasteiger partial charge in [-0.2, -0.15) is 0 Å². The summed E-state index contributed by atoms with van der Waals surface area (Å²) in [5.74, 6) is 0.227. The Morgan fingerprint density at radius 2 is 2.38 bits per heavy atom. The van der Waals surface area contributed by atoms with E-state index >= 15 is 0 Å². The highest BCUT2D eigenvalue weighted by molar-refractivity contribution is 5.78. The van der Waals surface area contributed by atoms with Gasteiger partial charge in [0.25, 0.3) is 0 Å².